The summed E-state index contributed by atoms with van der Waals surface area (Å²) in [6, 6.07) is 4.42. The van der Waals surface area contributed by atoms with Gasteiger partial charge in [-0.3, -0.25) is 14.3 Å². The van der Waals surface area contributed by atoms with Crippen molar-refractivity contribution >= 4 is 35.4 Å². The average molecular weight is 650 g/mol. The zero-order chi connectivity index (χ0) is 31.1. The predicted molar refractivity (Wildman–Crippen MR) is 162 cm³/mol. The van der Waals surface area contributed by atoms with Crippen LogP contribution >= 0.6 is 11.6 Å². The topological polar surface area (TPSA) is 117 Å². The van der Waals surface area contributed by atoms with Gasteiger partial charge in [0.25, 0.3) is 10.0 Å². The molecule has 0 spiro atoms. The maximum absolute atomic E-state index is 15.8. The Labute approximate surface area is 255 Å². The molecule has 10 nitrogen and oxygen atoms in total. The Balaban J connectivity index is 1.37. The number of fused-ring (bicyclic) bond motifs is 1. The van der Waals surface area contributed by atoms with Crippen molar-refractivity contribution in [2.24, 2.45) is 0 Å². The number of ether oxygens (including phenoxy) is 1. The third kappa shape index (κ3) is 6.66. The van der Waals surface area contributed by atoms with Gasteiger partial charge in [-0.05, 0) is 50.9 Å². The fourth-order valence-electron chi connectivity index (χ4n) is 5.12. The number of rotatable bonds is 10. The van der Waals surface area contributed by atoms with E-state index in [1.807, 2.05) is 16.1 Å². The maximum atomic E-state index is 15.8. The van der Waals surface area contributed by atoms with E-state index in [1.165, 1.54) is 19.2 Å². The first-order chi connectivity index (χ1) is 20.2. The van der Waals surface area contributed by atoms with E-state index >= 15 is 8.78 Å². The van der Waals surface area contributed by atoms with E-state index < -0.39 is 35.6 Å². The second-order valence-corrected chi connectivity index (χ2v) is 19.6. The molecule has 1 N–H and O–H groups in total. The highest BCUT2D eigenvalue weighted by Crippen LogP contribution is 2.37. The molecule has 1 aliphatic heterocycles. The Morgan fingerprint density at radius 1 is 1.16 bits per heavy atom. The molecule has 43 heavy (non-hydrogen) atoms. The summed E-state index contributed by atoms with van der Waals surface area (Å²) in [6.45, 7) is 11.4. The number of pyridine rings is 1. The Bertz CT molecular complexity index is 1770. The van der Waals surface area contributed by atoms with Crippen molar-refractivity contribution in [2.45, 2.75) is 76.5 Å². The molecular weight excluding hydrogens is 616 g/mol. The van der Waals surface area contributed by atoms with Gasteiger partial charge in [0, 0.05) is 44.6 Å². The van der Waals surface area contributed by atoms with Crippen molar-refractivity contribution in [2.75, 3.05) is 11.3 Å². The lowest BCUT2D eigenvalue weighted by Gasteiger charge is -2.26. The van der Waals surface area contributed by atoms with Crippen LogP contribution < -0.4 is 4.72 Å². The van der Waals surface area contributed by atoms with Gasteiger partial charge in [-0.15, -0.1) is 10.2 Å². The average Bonchev–Trinajstić information content (AvgIpc) is 3.51. The van der Waals surface area contributed by atoms with E-state index in [2.05, 4.69) is 44.5 Å². The third-order valence-electron chi connectivity index (χ3n) is 7.53. The minimum atomic E-state index is -4.24. The summed E-state index contributed by atoms with van der Waals surface area (Å²) < 4.78 is 68.9. The zero-order valence-electron chi connectivity index (χ0n) is 24.7. The lowest BCUT2D eigenvalue weighted by molar-refractivity contribution is 0.0866. The van der Waals surface area contributed by atoms with Crippen molar-refractivity contribution in [1.82, 2.24) is 29.3 Å². The number of sulfonamides is 1. The SMILES string of the molecule is Cc1ncc(Cl)cc1S(=O)(=O)Nc1ccc(F)c(C2CCc3c(-c4nnc(C)n4COCC[Si](C)(C)C)ncn3C2)c1F. The molecule has 0 amide bonds. The molecule has 0 fully saturated rings. The number of aromatic nitrogens is 6. The normalized spacial score (nSPS) is 15.5. The summed E-state index contributed by atoms with van der Waals surface area (Å²) in [6.07, 6.45) is 3.85. The number of benzene rings is 1. The van der Waals surface area contributed by atoms with Crippen molar-refractivity contribution in [3.8, 4) is 11.5 Å². The number of nitrogens with one attached hydrogen (secondary N) is 1. The third-order valence-corrected chi connectivity index (χ3v) is 10.9. The minimum Gasteiger partial charge on any atom is -0.361 e. The van der Waals surface area contributed by atoms with Gasteiger partial charge < -0.3 is 9.30 Å². The van der Waals surface area contributed by atoms with Gasteiger partial charge >= 0.3 is 0 Å². The molecule has 1 aromatic carbocycles. The number of hydrogen-bond donors (Lipinski definition) is 1. The lowest BCUT2D eigenvalue weighted by atomic mass is 9.89. The largest absolute Gasteiger partial charge is 0.361 e. The van der Waals surface area contributed by atoms with Crippen LogP contribution in [0.3, 0.4) is 0 Å². The van der Waals surface area contributed by atoms with Crippen LogP contribution in [0.25, 0.3) is 11.5 Å². The van der Waals surface area contributed by atoms with E-state index in [0.717, 1.165) is 23.9 Å². The summed E-state index contributed by atoms with van der Waals surface area (Å²) >= 11 is 5.94. The van der Waals surface area contributed by atoms with E-state index in [9.17, 15) is 8.42 Å². The molecule has 1 unspecified atom stereocenters. The fourth-order valence-corrected chi connectivity index (χ4v) is 7.38. The Kier molecular flexibility index (Phi) is 8.76. The molecule has 0 saturated heterocycles. The molecule has 3 aromatic heterocycles. The van der Waals surface area contributed by atoms with Gasteiger partial charge in [-0.25, -0.2) is 22.2 Å². The van der Waals surface area contributed by atoms with Crippen LogP contribution in [0.15, 0.2) is 35.6 Å². The number of nitrogens with zero attached hydrogens (tertiary/aromatic N) is 6. The summed E-state index contributed by atoms with van der Waals surface area (Å²) in [5, 5.41) is 8.70. The standard InChI is InChI=1S/C28H34ClF2N7O3SSi/c1-17-24(12-20(29)13-32-17)42(39,40)36-22-8-7-21(30)25(26(22)31)19-6-9-23-27(33-15-37(23)14-19)28-35-34-18(2)38(28)16-41-10-11-43(3,4)5/h7-8,12-13,15,19,36H,6,9-11,14,16H2,1-5H3. The number of hydrogen-bond acceptors (Lipinski definition) is 7. The maximum Gasteiger partial charge on any atom is 0.263 e. The molecule has 4 heterocycles. The lowest BCUT2D eigenvalue weighted by Crippen LogP contribution is -2.22. The quantitative estimate of drug-likeness (QED) is 0.167. The molecule has 4 aromatic rings. The number of halogens is 3. The van der Waals surface area contributed by atoms with Crippen molar-refractivity contribution in [1.29, 1.82) is 0 Å². The van der Waals surface area contributed by atoms with E-state index in [0.29, 0.717) is 43.5 Å². The summed E-state index contributed by atoms with van der Waals surface area (Å²) in [7, 11) is -5.47. The second-order valence-electron chi connectivity index (χ2n) is 11.9. The van der Waals surface area contributed by atoms with E-state index in [-0.39, 0.29) is 33.4 Å². The molecule has 0 bridgehead atoms. The van der Waals surface area contributed by atoms with Gasteiger partial charge in [0.15, 0.2) is 11.6 Å². The molecule has 5 rings (SSSR count). The predicted octanol–water partition coefficient (Wildman–Crippen LogP) is 5.93. The van der Waals surface area contributed by atoms with Gasteiger partial charge in [-0.2, -0.15) is 0 Å². The van der Waals surface area contributed by atoms with Crippen molar-refractivity contribution in [3.05, 3.63) is 70.2 Å². The Hall–Kier alpha value is -3.20. The van der Waals surface area contributed by atoms with Crippen LogP contribution in [-0.4, -0.2) is 52.4 Å². The molecule has 0 aliphatic carbocycles. The van der Waals surface area contributed by atoms with Gasteiger partial charge in [-0.1, -0.05) is 31.2 Å². The first-order valence-corrected chi connectivity index (χ1v) is 19.5. The summed E-state index contributed by atoms with van der Waals surface area (Å²) in [5.41, 5.74) is 1.19. The van der Waals surface area contributed by atoms with Gasteiger partial charge in [0.1, 0.15) is 29.0 Å². The van der Waals surface area contributed by atoms with Crippen LogP contribution in [0.2, 0.25) is 30.7 Å². The van der Waals surface area contributed by atoms with E-state index in [1.54, 1.807) is 6.33 Å². The summed E-state index contributed by atoms with van der Waals surface area (Å²) in [5.74, 6) is -0.988. The van der Waals surface area contributed by atoms with E-state index in [4.69, 9.17) is 16.3 Å². The summed E-state index contributed by atoms with van der Waals surface area (Å²) in [4.78, 5) is 8.37. The molecule has 0 saturated carbocycles. The molecule has 230 valence electrons. The fraction of sp³-hybridized carbons (Fsp3) is 0.429. The molecule has 15 heteroatoms. The molecule has 1 atom stereocenters. The van der Waals surface area contributed by atoms with Crippen LogP contribution in [0.1, 0.15) is 35.1 Å². The van der Waals surface area contributed by atoms with Crippen molar-refractivity contribution in [3.63, 3.8) is 0 Å². The molecule has 0 radical (unpaired) electrons. The number of imidazole rings is 1. The first-order valence-electron chi connectivity index (χ1n) is 13.9. The zero-order valence-corrected chi connectivity index (χ0v) is 27.2. The molecular formula is C28H34ClF2N7O3SSi. The minimum absolute atomic E-state index is 0.118. The second kappa shape index (κ2) is 12.1. The number of aryl methyl sites for hydroxylation is 2. The highest BCUT2D eigenvalue weighted by atomic mass is 35.5. The highest BCUT2D eigenvalue weighted by Gasteiger charge is 2.31. The van der Waals surface area contributed by atoms with Gasteiger partial charge in [0.05, 0.1) is 22.7 Å². The van der Waals surface area contributed by atoms with Crippen LogP contribution in [0.4, 0.5) is 14.5 Å². The van der Waals surface area contributed by atoms with Gasteiger partial charge in [0.2, 0.25) is 0 Å². The molecule has 1 aliphatic rings. The number of anilines is 1. The van der Waals surface area contributed by atoms with Crippen LogP contribution in [0, 0.1) is 25.5 Å². The Morgan fingerprint density at radius 3 is 2.67 bits per heavy atom. The van der Waals surface area contributed by atoms with Crippen LogP contribution in [-0.2, 0) is 34.5 Å². The Morgan fingerprint density at radius 2 is 1.93 bits per heavy atom. The smallest absolute Gasteiger partial charge is 0.263 e. The van der Waals surface area contributed by atoms with Crippen molar-refractivity contribution < 1.29 is 21.9 Å². The highest BCUT2D eigenvalue weighted by molar-refractivity contribution is 7.92. The van der Waals surface area contributed by atoms with Crippen LogP contribution in [0.5, 0.6) is 0 Å². The monoisotopic (exact) mass is 649 g/mol. The first kappa shape index (κ1) is 31.2.